The molecule has 0 aliphatic carbocycles. The Balaban J connectivity index is 1.98. The molecular formula is C18H24FN2O2+. The summed E-state index contributed by atoms with van der Waals surface area (Å²) < 4.78 is 18.6. The highest BCUT2D eigenvalue weighted by Crippen LogP contribution is 2.28. The molecule has 1 aromatic heterocycles. The van der Waals surface area contributed by atoms with Crippen molar-refractivity contribution in [1.82, 2.24) is 5.32 Å². The molecule has 0 bridgehead atoms. The fourth-order valence-electron chi connectivity index (χ4n) is 2.49. The minimum Gasteiger partial charge on any atom is -0.469 e. The van der Waals surface area contributed by atoms with E-state index in [2.05, 4.69) is 19.4 Å². The van der Waals surface area contributed by atoms with Crippen LogP contribution in [0, 0.1) is 5.82 Å². The number of halogens is 1. The Bertz CT molecular complexity index is 594. The summed E-state index contributed by atoms with van der Waals surface area (Å²) in [6.45, 7) is 1.68. The van der Waals surface area contributed by atoms with Crippen LogP contribution in [0.4, 0.5) is 4.39 Å². The van der Waals surface area contributed by atoms with E-state index in [4.69, 9.17) is 4.42 Å². The molecular weight excluding hydrogens is 295 g/mol. The van der Waals surface area contributed by atoms with Crippen LogP contribution in [0.15, 0.2) is 47.1 Å². The number of quaternary nitrogens is 1. The molecule has 0 unspecified atom stereocenters. The van der Waals surface area contributed by atoms with E-state index in [1.807, 2.05) is 6.07 Å². The highest BCUT2D eigenvalue weighted by Gasteiger charge is 2.20. The second-order valence-electron chi connectivity index (χ2n) is 5.98. The summed E-state index contributed by atoms with van der Waals surface area (Å²) in [6, 6.07) is 9.85. The van der Waals surface area contributed by atoms with Crippen molar-refractivity contribution < 1.29 is 18.5 Å². The van der Waals surface area contributed by atoms with Crippen LogP contribution in [-0.4, -0.2) is 33.1 Å². The van der Waals surface area contributed by atoms with Gasteiger partial charge in [0.25, 0.3) is 0 Å². The third-order valence-corrected chi connectivity index (χ3v) is 3.72. The van der Waals surface area contributed by atoms with E-state index in [1.54, 1.807) is 24.5 Å². The van der Waals surface area contributed by atoms with Crippen LogP contribution in [-0.2, 0) is 4.79 Å². The van der Waals surface area contributed by atoms with Gasteiger partial charge < -0.3 is 14.6 Å². The number of furan rings is 1. The first-order chi connectivity index (χ1) is 11.1. The molecule has 2 N–H and O–H groups in total. The van der Waals surface area contributed by atoms with Gasteiger partial charge in [-0.05, 0) is 29.8 Å². The molecule has 1 atom stereocenters. The Kier molecular flexibility index (Phi) is 6.35. The van der Waals surface area contributed by atoms with Gasteiger partial charge in [-0.1, -0.05) is 12.1 Å². The van der Waals surface area contributed by atoms with E-state index >= 15 is 0 Å². The molecule has 0 spiro atoms. The highest BCUT2D eigenvalue weighted by atomic mass is 19.1. The second kappa shape index (κ2) is 8.48. The third-order valence-electron chi connectivity index (χ3n) is 3.72. The number of amides is 1. The van der Waals surface area contributed by atoms with E-state index in [-0.39, 0.29) is 24.1 Å². The largest absolute Gasteiger partial charge is 0.469 e. The molecule has 0 saturated carbocycles. The Morgan fingerprint density at radius 2 is 2.00 bits per heavy atom. The Morgan fingerprint density at radius 1 is 1.26 bits per heavy atom. The quantitative estimate of drug-likeness (QED) is 0.726. The van der Waals surface area contributed by atoms with Gasteiger partial charge in [0.05, 0.1) is 32.8 Å². The van der Waals surface area contributed by atoms with Crippen LogP contribution >= 0.6 is 0 Å². The SMILES string of the molecule is C[NH+](C)CCCNC(=O)C[C@H](c1ccc(F)cc1)c1ccco1. The van der Waals surface area contributed by atoms with Crippen LogP contribution in [0.2, 0.25) is 0 Å². The lowest BCUT2D eigenvalue weighted by Crippen LogP contribution is -3.05. The number of carbonyl (C=O) groups is 1. The van der Waals surface area contributed by atoms with E-state index in [0.717, 1.165) is 18.5 Å². The molecule has 1 amide bonds. The summed E-state index contributed by atoms with van der Waals surface area (Å²) >= 11 is 0. The zero-order valence-electron chi connectivity index (χ0n) is 13.6. The van der Waals surface area contributed by atoms with Crippen molar-refractivity contribution in [3.63, 3.8) is 0 Å². The minimum atomic E-state index is -0.289. The number of carbonyl (C=O) groups excluding carboxylic acids is 1. The highest BCUT2D eigenvalue weighted by molar-refractivity contribution is 5.77. The van der Waals surface area contributed by atoms with Crippen molar-refractivity contribution in [2.24, 2.45) is 0 Å². The summed E-state index contributed by atoms with van der Waals surface area (Å²) in [6.07, 6.45) is 2.81. The molecule has 0 radical (unpaired) electrons. The van der Waals surface area contributed by atoms with Crippen LogP contribution < -0.4 is 10.2 Å². The van der Waals surface area contributed by atoms with Gasteiger partial charge >= 0.3 is 0 Å². The van der Waals surface area contributed by atoms with E-state index < -0.39 is 0 Å². The van der Waals surface area contributed by atoms with Crippen molar-refractivity contribution >= 4 is 5.91 Å². The second-order valence-corrected chi connectivity index (χ2v) is 5.98. The van der Waals surface area contributed by atoms with Crippen LogP contribution in [0.1, 0.15) is 30.1 Å². The van der Waals surface area contributed by atoms with Gasteiger partial charge in [-0.15, -0.1) is 0 Å². The monoisotopic (exact) mass is 319 g/mol. The number of nitrogens with one attached hydrogen (secondary N) is 2. The van der Waals surface area contributed by atoms with Crippen molar-refractivity contribution in [1.29, 1.82) is 0 Å². The minimum absolute atomic E-state index is 0.0236. The van der Waals surface area contributed by atoms with Gasteiger partial charge in [0.15, 0.2) is 0 Å². The first kappa shape index (κ1) is 17.2. The summed E-state index contributed by atoms with van der Waals surface area (Å²) in [4.78, 5) is 13.6. The predicted octanol–water partition coefficient (Wildman–Crippen LogP) is 1.59. The van der Waals surface area contributed by atoms with Crippen molar-refractivity contribution in [3.8, 4) is 0 Å². The van der Waals surface area contributed by atoms with Crippen molar-refractivity contribution in [2.75, 3.05) is 27.2 Å². The van der Waals surface area contributed by atoms with Gasteiger partial charge in [-0.2, -0.15) is 0 Å². The third kappa shape index (κ3) is 5.53. The van der Waals surface area contributed by atoms with E-state index in [9.17, 15) is 9.18 Å². The Morgan fingerprint density at radius 3 is 2.61 bits per heavy atom. The van der Waals surface area contributed by atoms with Crippen molar-refractivity contribution in [2.45, 2.75) is 18.8 Å². The van der Waals surface area contributed by atoms with Gasteiger partial charge in [-0.25, -0.2) is 4.39 Å². The number of benzene rings is 1. The molecule has 2 rings (SSSR count). The fraction of sp³-hybridized carbons (Fsp3) is 0.389. The van der Waals surface area contributed by atoms with Crippen molar-refractivity contribution in [3.05, 3.63) is 59.8 Å². The van der Waals surface area contributed by atoms with Gasteiger partial charge in [0, 0.05) is 19.4 Å². The van der Waals surface area contributed by atoms with Crippen LogP contribution in [0.3, 0.4) is 0 Å². The van der Waals surface area contributed by atoms with Gasteiger partial charge in [-0.3, -0.25) is 4.79 Å². The molecule has 1 heterocycles. The lowest BCUT2D eigenvalue weighted by atomic mass is 9.93. The standard InChI is InChI=1S/C18H23FN2O2/c1-21(2)11-4-10-20-18(22)13-16(17-5-3-12-23-17)14-6-8-15(19)9-7-14/h3,5-9,12,16H,4,10-11,13H2,1-2H3,(H,20,22)/p+1/t16-/m1/s1. The summed E-state index contributed by atoms with van der Waals surface area (Å²) in [5.74, 6) is 0.196. The van der Waals surface area contributed by atoms with E-state index in [0.29, 0.717) is 12.3 Å². The molecule has 5 heteroatoms. The first-order valence-electron chi connectivity index (χ1n) is 7.91. The lowest BCUT2D eigenvalue weighted by molar-refractivity contribution is -0.858. The number of hydrogen-bond acceptors (Lipinski definition) is 2. The van der Waals surface area contributed by atoms with Crippen LogP contribution in [0.5, 0.6) is 0 Å². The van der Waals surface area contributed by atoms with Crippen LogP contribution in [0.25, 0.3) is 0 Å². The summed E-state index contributed by atoms with van der Waals surface area (Å²) in [7, 11) is 4.17. The maximum atomic E-state index is 13.1. The van der Waals surface area contributed by atoms with Gasteiger partial charge in [0.2, 0.25) is 5.91 Å². The number of rotatable bonds is 8. The first-order valence-corrected chi connectivity index (χ1v) is 7.91. The molecule has 124 valence electrons. The Hall–Kier alpha value is -2.14. The fourth-order valence-corrected chi connectivity index (χ4v) is 2.49. The average Bonchev–Trinajstić information content (AvgIpc) is 3.04. The van der Waals surface area contributed by atoms with E-state index in [1.165, 1.54) is 17.0 Å². The molecule has 0 aliphatic heterocycles. The molecule has 23 heavy (non-hydrogen) atoms. The van der Waals surface area contributed by atoms with Gasteiger partial charge in [0.1, 0.15) is 11.6 Å². The summed E-state index contributed by atoms with van der Waals surface area (Å²) in [5, 5.41) is 2.94. The zero-order chi connectivity index (χ0) is 16.7. The Labute approximate surface area is 136 Å². The molecule has 1 aromatic carbocycles. The normalized spacial score (nSPS) is 12.3. The predicted molar refractivity (Wildman–Crippen MR) is 86.9 cm³/mol. The lowest BCUT2D eigenvalue weighted by Gasteiger charge is -2.15. The molecule has 4 nitrogen and oxygen atoms in total. The zero-order valence-corrected chi connectivity index (χ0v) is 13.6. The molecule has 0 fully saturated rings. The maximum absolute atomic E-state index is 13.1. The molecule has 0 aliphatic rings. The average molecular weight is 319 g/mol. The topological polar surface area (TPSA) is 46.7 Å². The molecule has 0 saturated heterocycles. The summed E-state index contributed by atoms with van der Waals surface area (Å²) in [5.41, 5.74) is 0.870. The maximum Gasteiger partial charge on any atom is 0.221 e. The number of hydrogen-bond donors (Lipinski definition) is 2. The molecule has 2 aromatic rings. The smallest absolute Gasteiger partial charge is 0.221 e.